The number of carboxylic acid groups (broad SMARTS) is 2. The van der Waals surface area contributed by atoms with Crippen molar-refractivity contribution < 1.29 is 68.8 Å². The lowest BCUT2D eigenvalue weighted by Crippen LogP contribution is -2.69. The normalized spacial score (nSPS) is 21.1. The number of carbonyl (C=O) groups is 8. The number of thioether (sulfide) groups is 1. The van der Waals surface area contributed by atoms with E-state index in [-0.39, 0.29) is 16.4 Å². The number of phenolic OH excluding ortho intramolecular Hbond substituents is 2. The van der Waals surface area contributed by atoms with Gasteiger partial charge in [-0.2, -0.15) is 0 Å². The first-order chi connectivity index (χ1) is 26.7. The first kappa shape index (κ1) is 41.7. The van der Waals surface area contributed by atoms with Gasteiger partial charge in [-0.25, -0.2) is 19.6 Å². The van der Waals surface area contributed by atoms with Crippen LogP contribution in [0.15, 0.2) is 27.8 Å². The maximum Gasteiger partial charge on any atom is 0.350 e. The van der Waals surface area contributed by atoms with Crippen molar-refractivity contribution in [2.75, 3.05) is 31.9 Å². The number of nitrogens with zero attached hydrogens (tertiary/aromatic N) is 6. The number of oxime groups is 2. The number of phenols is 2. The smallest absolute Gasteiger partial charge is 0.350 e. The highest BCUT2D eigenvalue weighted by Crippen LogP contribution is 2.49. The van der Waals surface area contributed by atoms with Gasteiger partial charge < -0.3 is 56.6 Å². The quantitative estimate of drug-likeness (QED) is 0.0240. The van der Waals surface area contributed by atoms with Crippen LogP contribution in [0.2, 0.25) is 5.02 Å². The SMILES string of the molecule is CC(C)(O/N=C(\C(=O)N[C@@H]1C(=O)N2C[C@@](C(=O)O)(N3CCN(NC(=O)CCNC(=O)/C(=N\O)c4ccc(O)c(O)c4Cl)C(=O)C3=O)SC12)c1csc(N)n1)C(=O)O. The molecule has 3 fully saturated rings. The molecular formula is C30H31ClN10O14S2. The van der Waals surface area contributed by atoms with Crippen LogP contribution in [0.4, 0.5) is 5.13 Å². The molecule has 27 heteroatoms. The highest BCUT2D eigenvalue weighted by molar-refractivity contribution is 8.02. The number of carboxylic acids is 2. The summed E-state index contributed by atoms with van der Waals surface area (Å²) in [5.41, 5.74) is 4.41. The molecule has 2 aromatic rings. The van der Waals surface area contributed by atoms with Crippen LogP contribution >= 0.6 is 34.7 Å². The summed E-state index contributed by atoms with van der Waals surface area (Å²) < 4.78 is 0. The standard InChI is InChI=1S/C30H31ClN10O14S2/c1-29(2,26(50)51)55-38-17(12-9-56-28(32)34-12)21(46)35-18-22(47)39-10-30(27(52)53,57-25(18)39)40-7-8-41(24(49)23(40)48)36-14(43)5-6-33-20(45)16(37-54)11-3-4-13(42)19(44)15(11)31/h3-4,9,18,25,42,44,54H,5-8,10H2,1-2H3,(H2,32,34)(H,33,45)(H,35,46)(H,36,43)(H,50,51)(H,52,53)/b37-16-,38-17-/t18-,25?,30-/m1/s1. The minimum Gasteiger partial charge on any atom is -0.504 e. The summed E-state index contributed by atoms with van der Waals surface area (Å²) >= 11 is 7.44. The summed E-state index contributed by atoms with van der Waals surface area (Å²) in [4.78, 5) is 111. The van der Waals surface area contributed by atoms with Crippen molar-refractivity contribution in [3.8, 4) is 11.5 Å². The number of nitrogen functional groups attached to an aromatic ring is 1. The van der Waals surface area contributed by atoms with Crippen molar-refractivity contribution in [2.24, 2.45) is 10.3 Å². The van der Waals surface area contributed by atoms with E-state index < -0.39 is 130 Å². The second-order valence-electron chi connectivity index (χ2n) is 12.6. The Morgan fingerprint density at radius 1 is 1.09 bits per heavy atom. The number of hydrogen-bond acceptors (Lipinski definition) is 18. The number of hydrazine groups is 1. The number of carbonyl (C=O) groups excluding carboxylic acids is 6. The molecule has 6 amide bonds. The van der Waals surface area contributed by atoms with E-state index in [1.807, 2.05) is 0 Å². The van der Waals surface area contributed by atoms with Gasteiger partial charge in [-0.15, -0.1) is 11.3 Å². The summed E-state index contributed by atoms with van der Waals surface area (Å²) in [6, 6.07) is 0.714. The number of thiazole rings is 1. The van der Waals surface area contributed by atoms with E-state index in [1.165, 1.54) is 19.2 Å². The third kappa shape index (κ3) is 7.99. The first-order valence-corrected chi connectivity index (χ1v) is 18.2. The molecule has 0 aliphatic carbocycles. The van der Waals surface area contributed by atoms with E-state index in [2.05, 4.69) is 31.4 Å². The van der Waals surface area contributed by atoms with Crippen LogP contribution in [0.1, 0.15) is 31.5 Å². The Balaban J connectivity index is 1.20. The van der Waals surface area contributed by atoms with Crippen molar-refractivity contribution in [3.63, 3.8) is 0 Å². The number of anilines is 1. The largest absolute Gasteiger partial charge is 0.504 e. The molecule has 10 N–H and O–H groups in total. The lowest BCUT2D eigenvalue weighted by atomic mass is 10.0. The number of piperazine rings is 1. The molecule has 3 atom stereocenters. The van der Waals surface area contributed by atoms with Crippen LogP contribution in [-0.2, 0) is 43.2 Å². The second kappa shape index (κ2) is 16.0. The van der Waals surface area contributed by atoms with Crippen LogP contribution in [0.5, 0.6) is 11.5 Å². The summed E-state index contributed by atoms with van der Waals surface area (Å²) in [5.74, 6) is -10.7. The van der Waals surface area contributed by atoms with E-state index in [0.717, 1.165) is 33.3 Å². The Hall–Kier alpha value is -6.41. The molecule has 0 radical (unpaired) electrons. The van der Waals surface area contributed by atoms with Gasteiger partial charge in [-0.05, 0) is 26.0 Å². The molecule has 5 rings (SSSR count). The summed E-state index contributed by atoms with van der Waals surface area (Å²) in [6.07, 6.45) is -0.479. The molecule has 1 aromatic carbocycles. The van der Waals surface area contributed by atoms with Gasteiger partial charge in [0.15, 0.2) is 28.1 Å². The third-order valence-corrected chi connectivity index (χ3v) is 11.3. The van der Waals surface area contributed by atoms with Crippen LogP contribution in [0.25, 0.3) is 0 Å². The minimum absolute atomic E-state index is 0.0269. The number of aromatic hydroxyl groups is 2. The molecule has 0 saturated carbocycles. The zero-order valence-corrected chi connectivity index (χ0v) is 31.7. The molecule has 24 nitrogen and oxygen atoms in total. The molecule has 1 aromatic heterocycles. The van der Waals surface area contributed by atoms with Gasteiger partial charge in [0.25, 0.3) is 11.8 Å². The Morgan fingerprint density at radius 3 is 2.40 bits per heavy atom. The summed E-state index contributed by atoms with van der Waals surface area (Å²) in [5, 5.41) is 60.1. The number of rotatable bonds is 14. The van der Waals surface area contributed by atoms with Gasteiger partial charge in [0.2, 0.25) is 22.3 Å². The molecular weight excluding hydrogens is 824 g/mol. The van der Waals surface area contributed by atoms with Crippen LogP contribution in [-0.4, -0.2) is 152 Å². The molecule has 0 bridgehead atoms. The zero-order chi connectivity index (χ0) is 42.1. The maximum atomic E-state index is 13.4. The second-order valence-corrected chi connectivity index (χ2v) is 15.3. The van der Waals surface area contributed by atoms with E-state index in [9.17, 15) is 64.0 Å². The monoisotopic (exact) mass is 854 g/mol. The number of nitrogens with one attached hydrogen (secondary N) is 3. The predicted molar refractivity (Wildman–Crippen MR) is 194 cm³/mol. The fraction of sp³-hybridized carbons (Fsp3) is 0.367. The Bertz CT molecular complexity index is 2150. The number of halogens is 1. The molecule has 57 heavy (non-hydrogen) atoms. The number of hydrogen-bond donors (Lipinski definition) is 9. The molecule has 4 heterocycles. The summed E-state index contributed by atoms with van der Waals surface area (Å²) in [7, 11) is 0. The number of β-lactam (4-membered cyclic amide) rings is 1. The van der Waals surface area contributed by atoms with E-state index in [4.69, 9.17) is 22.2 Å². The Kier molecular flexibility index (Phi) is 11.7. The molecule has 1 unspecified atom stereocenters. The topological polar surface area (TPSA) is 356 Å². The van der Waals surface area contributed by atoms with Crippen molar-refractivity contribution in [1.82, 2.24) is 35.9 Å². The number of amides is 6. The van der Waals surface area contributed by atoms with Crippen molar-refractivity contribution in [1.29, 1.82) is 0 Å². The number of benzene rings is 1. The van der Waals surface area contributed by atoms with Gasteiger partial charge in [-0.3, -0.25) is 34.2 Å². The predicted octanol–water partition coefficient (Wildman–Crippen LogP) is -2.36. The molecule has 304 valence electrons. The van der Waals surface area contributed by atoms with E-state index in [1.54, 1.807) is 0 Å². The number of aromatic nitrogens is 1. The molecule has 3 saturated heterocycles. The molecule has 3 aliphatic heterocycles. The highest BCUT2D eigenvalue weighted by atomic mass is 35.5. The van der Waals surface area contributed by atoms with Gasteiger partial charge in [0, 0.05) is 30.5 Å². The summed E-state index contributed by atoms with van der Waals surface area (Å²) in [6.45, 7) is 0.527. The average molecular weight is 855 g/mol. The van der Waals surface area contributed by atoms with E-state index in [0.29, 0.717) is 16.8 Å². The number of fused-ring (bicyclic) bond motifs is 1. The van der Waals surface area contributed by atoms with Gasteiger partial charge in [0.1, 0.15) is 17.1 Å². The highest BCUT2D eigenvalue weighted by Gasteiger charge is 2.66. The van der Waals surface area contributed by atoms with Crippen molar-refractivity contribution in [3.05, 3.63) is 33.8 Å². The minimum atomic E-state index is -2.20. The first-order valence-electron chi connectivity index (χ1n) is 16.1. The molecule has 3 aliphatic rings. The number of aliphatic carboxylic acids is 2. The van der Waals surface area contributed by atoms with Crippen molar-refractivity contribution >= 4 is 98.6 Å². The lowest BCUT2D eigenvalue weighted by Gasteiger charge is -2.41. The van der Waals surface area contributed by atoms with Gasteiger partial charge in [0.05, 0.1) is 18.1 Å². The number of nitrogens with two attached hydrogens (primary N) is 1. The zero-order valence-electron chi connectivity index (χ0n) is 29.3. The Labute approximate surface area is 332 Å². The van der Waals surface area contributed by atoms with Gasteiger partial charge in [-0.1, -0.05) is 33.7 Å². The lowest BCUT2D eigenvalue weighted by molar-refractivity contribution is -0.168. The van der Waals surface area contributed by atoms with Crippen LogP contribution < -0.4 is 21.8 Å². The maximum absolute atomic E-state index is 13.4. The van der Waals surface area contributed by atoms with Gasteiger partial charge >= 0.3 is 23.8 Å². The van der Waals surface area contributed by atoms with E-state index >= 15 is 0 Å². The Morgan fingerprint density at radius 2 is 1.79 bits per heavy atom. The fourth-order valence-corrected chi connectivity index (χ4v) is 7.88. The average Bonchev–Trinajstić information content (AvgIpc) is 3.75. The van der Waals surface area contributed by atoms with Crippen molar-refractivity contribution in [2.45, 2.75) is 42.2 Å². The molecule has 0 spiro atoms. The fourth-order valence-electron chi connectivity index (χ4n) is 5.44. The van der Waals surface area contributed by atoms with Crippen LogP contribution in [0, 0.1) is 0 Å². The third-order valence-electron chi connectivity index (χ3n) is 8.54. The van der Waals surface area contributed by atoms with Crippen LogP contribution in [0.3, 0.4) is 0 Å².